The summed E-state index contributed by atoms with van der Waals surface area (Å²) in [5, 5.41) is 5.41. The van der Waals surface area contributed by atoms with E-state index in [1.165, 1.54) is 24.1 Å². The fraction of sp³-hybridized carbons (Fsp3) is 0.667. The van der Waals surface area contributed by atoms with Gasteiger partial charge in [0.2, 0.25) is 5.91 Å². The zero-order chi connectivity index (χ0) is 13.7. The fourth-order valence-corrected chi connectivity index (χ4v) is 3.45. The van der Waals surface area contributed by atoms with E-state index in [4.69, 9.17) is 0 Å². The molecule has 1 fully saturated rings. The number of nitrogens with one attached hydrogen (secondary N) is 1. The molecule has 2 heterocycles. The van der Waals surface area contributed by atoms with Gasteiger partial charge < -0.3 is 4.90 Å². The quantitative estimate of drug-likeness (QED) is 0.830. The fourth-order valence-electron chi connectivity index (χ4n) is 2.64. The van der Waals surface area contributed by atoms with Crippen LogP contribution in [0.1, 0.15) is 50.6 Å². The summed E-state index contributed by atoms with van der Waals surface area (Å²) >= 11 is 1.72. The first-order valence-electron chi connectivity index (χ1n) is 7.32. The maximum Gasteiger partial charge on any atom is 0.238 e. The van der Waals surface area contributed by atoms with Crippen LogP contribution in [0.5, 0.6) is 0 Å². The van der Waals surface area contributed by atoms with Crippen LogP contribution in [0.25, 0.3) is 0 Å². The highest BCUT2D eigenvalue weighted by Crippen LogP contribution is 2.28. The van der Waals surface area contributed by atoms with Crippen molar-refractivity contribution in [2.45, 2.75) is 45.7 Å². The molecule has 106 valence electrons. The first-order valence-corrected chi connectivity index (χ1v) is 8.20. The number of thiophene rings is 1. The van der Waals surface area contributed by atoms with Crippen LogP contribution < -0.4 is 5.32 Å². The summed E-state index contributed by atoms with van der Waals surface area (Å²) in [6, 6.07) is 4.16. The van der Waals surface area contributed by atoms with Gasteiger partial charge in [-0.3, -0.25) is 10.1 Å². The van der Waals surface area contributed by atoms with Gasteiger partial charge in [0.05, 0.1) is 6.54 Å². The van der Waals surface area contributed by atoms with Crippen molar-refractivity contribution in [3.63, 3.8) is 0 Å². The molecule has 0 aliphatic carbocycles. The van der Waals surface area contributed by atoms with Gasteiger partial charge in [-0.25, -0.2) is 0 Å². The summed E-state index contributed by atoms with van der Waals surface area (Å²) in [5.74, 6) is 0.875. The maximum absolute atomic E-state index is 12.1. The minimum absolute atomic E-state index is 0.100. The van der Waals surface area contributed by atoms with Crippen molar-refractivity contribution in [3.8, 4) is 0 Å². The van der Waals surface area contributed by atoms with Gasteiger partial charge in [0, 0.05) is 11.4 Å². The van der Waals surface area contributed by atoms with Crippen molar-refractivity contribution in [1.29, 1.82) is 0 Å². The second-order valence-corrected chi connectivity index (χ2v) is 6.24. The van der Waals surface area contributed by atoms with Crippen molar-refractivity contribution in [2.75, 3.05) is 13.1 Å². The second kappa shape index (κ2) is 7.06. The molecular weight excluding hydrogens is 256 g/mol. The highest BCUT2D eigenvalue weighted by Gasteiger charge is 2.33. The van der Waals surface area contributed by atoms with Gasteiger partial charge in [-0.1, -0.05) is 39.2 Å². The zero-order valence-electron chi connectivity index (χ0n) is 11.9. The summed E-state index contributed by atoms with van der Waals surface area (Å²) in [4.78, 5) is 15.4. The lowest BCUT2D eigenvalue weighted by molar-refractivity contribution is -0.128. The maximum atomic E-state index is 12.1. The first kappa shape index (κ1) is 14.5. The van der Waals surface area contributed by atoms with Gasteiger partial charge in [-0.15, -0.1) is 11.3 Å². The molecule has 0 aromatic carbocycles. The summed E-state index contributed by atoms with van der Waals surface area (Å²) in [7, 11) is 0. The minimum Gasteiger partial charge on any atom is -0.321 e. The van der Waals surface area contributed by atoms with E-state index in [9.17, 15) is 4.79 Å². The molecule has 3 nitrogen and oxygen atoms in total. The van der Waals surface area contributed by atoms with Gasteiger partial charge in [0.25, 0.3) is 0 Å². The van der Waals surface area contributed by atoms with Crippen molar-refractivity contribution < 1.29 is 4.79 Å². The van der Waals surface area contributed by atoms with Gasteiger partial charge in [-0.2, -0.15) is 0 Å². The standard InChI is InChI=1S/C15H24N2OS/c1-3-5-7-12(4-2)11-17-14(18)10-16-15(17)13-8-6-9-19-13/h6,8-9,12,15-16H,3-5,7,10-11H2,1-2H3. The Kier molecular flexibility index (Phi) is 5.40. The summed E-state index contributed by atoms with van der Waals surface area (Å²) in [6.07, 6.45) is 4.98. The summed E-state index contributed by atoms with van der Waals surface area (Å²) in [6.45, 7) is 5.83. The third kappa shape index (κ3) is 3.57. The lowest BCUT2D eigenvalue weighted by atomic mass is 9.98. The number of rotatable bonds is 7. The molecule has 1 aliphatic heterocycles. The van der Waals surface area contributed by atoms with Crippen molar-refractivity contribution >= 4 is 17.2 Å². The van der Waals surface area contributed by atoms with Gasteiger partial charge in [0.15, 0.2) is 0 Å². The molecule has 2 rings (SSSR count). The highest BCUT2D eigenvalue weighted by atomic mass is 32.1. The molecule has 1 aromatic heterocycles. The van der Waals surface area contributed by atoms with Crippen LogP contribution >= 0.6 is 11.3 Å². The monoisotopic (exact) mass is 280 g/mol. The van der Waals surface area contributed by atoms with Crippen molar-refractivity contribution in [1.82, 2.24) is 10.2 Å². The number of carbonyl (C=O) groups excluding carboxylic acids is 1. The molecule has 1 aliphatic rings. The van der Waals surface area contributed by atoms with Gasteiger partial charge >= 0.3 is 0 Å². The number of carbonyl (C=O) groups is 1. The molecule has 0 saturated carbocycles. The number of amides is 1. The number of hydrogen-bond acceptors (Lipinski definition) is 3. The number of nitrogens with zero attached hydrogens (tertiary/aromatic N) is 1. The molecule has 19 heavy (non-hydrogen) atoms. The van der Waals surface area contributed by atoms with Crippen LogP contribution in [0.3, 0.4) is 0 Å². The molecule has 1 N–H and O–H groups in total. The minimum atomic E-state index is 0.100. The Morgan fingerprint density at radius 2 is 2.37 bits per heavy atom. The molecule has 1 aromatic rings. The molecule has 2 unspecified atom stereocenters. The van der Waals surface area contributed by atoms with Crippen LogP contribution in [-0.2, 0) is 4.79 Å². The van der Waals surface area contributed by atoms with Crippen LogP contribution in [0.15, 0.2) is 17.5 Å². The normalized spacial score (nSPS) is 21.1. The largest absolute Gasteiger partial charge is 0.321 e. The number of hydrogen-bond donors (Lipinski definition) is 1. The number of unbranched alkanes of at least 4 members (excludes halogenated alkanes) is 1. The molecule has 0 radical (unpaired) electrons. The van der Waals surface area contributed by atoms with Crippen molar-refractivity contribution in [2.24, 2.45) is 5.92 Å². The Morgan fingerprint density at radius 3 is 3.00 bits per heavy atom. The van der Waals surface area contributed by atoms with Crippen LogP contribution in [-0.4, -0.2) is 23.9 Å². The molecule has 0 bridgehead atoms. The van der Waals surface area contributed by atoms with E-state index in [0.717, 1.165) is 13.0 Å². The van der Waals surface area contributed by atoms with Gasteiger partial charge in [0.1, 0.15) is 6.17 Å². The SMILES string of the molecule is CCCCC(CC)CN1C(=O)CNC1c1cccs1. The Balaban J connectivity index is 2.01. The predicted molar refractivity (Wildman–Crippen MR) is 80.1 cm³/mol. The van der Waals surface area contributed by atoms with E-state index < -0.39 is 0 Å². The Labute approximate surface area is 120 Å². The third-order valence-corrected chi connectivity index (χ3v) is 4.81. The van der Waals surface area contributed by atoms with E-state index in [-0.39, 0.29) is 12.1 Å². The lowest BCUT2D eigenvalue weighted by Gasteiger charge is -2.27. The molecule has 1 amide bonds. The van der Waals surface area contributed by atoms with Gasteiger partial charge in [-0.05, 0) is 23.8 Å². The first-order chi connectivity index (χ1) is 9.26. The highest BCUT2D eigenvalue weighted by molar-refractivity contribution is 7.10. The van der Waals surface area contributed by atoms with Crippen LogP contribution in [0.4, 0.5) is 0 Å². The smallest absolute Gasteiger partial charge is 0.238 e. The van der Waals surface area contributed by atoms with E-state index in [2.05, 4.69) is 36.7 Å². The van der Waals surface area contributed by atoms with E-state index in [1.54, 1.807) is 11.3 Å². The predicted octanol–water partition coefficient (Wildman–Crippen LogP) is 3.39. The van der Waals surface area contributed by atoms with E-state index in [0.29, 0.717) is 12.5 Å². The molecule has 4 heteroatoms. The summed E-state index contributed by atoms with van der Waals surface area (Å²) in [5.41, 5.74) is 0. The zero-order valence-corrected chi connectivity index (χ0v) is 12.7. The molecule has 0 spiro atoms. The van der Waals surface area contributed by atoms with Crippen molar-refractivity contribution in [3.05, 3.63) is 22.4 Å². The average molecular weight is 280 g/mol. The lowest BCUT2D eigenvalue weighted by Crippen LogP contribution is -2.34. The van der Waals surface area contributed by atoms with Crippen LogP contribution in [0.2, 0.25) is 0 Å². The Hall–Kier alpha value is -0.870. The van der Waals surface area contributed by atoms with E-state index in [1.807, 2.05) is 4.90 Å². The Bertz CT molecular complexity index is 391. The third-order valence-electron chi connectivity index (χ3n) is 3.89. The van der Waals surface area contributed by atoms with Crippen LogP contribution in [0, 0.1) is 5.92 Å². The molecular formula is C15H24N2OS. The van der Waals surface area contributed by atoms with E-state index >= 15 is 0 Å². The molecule has 2 atom stereocenters. The second-order valence-electron chi connectivity index (χ2n) is 5.26. The average Bonchev–Trinajstić information content (AvgIpc) is 3.05. The topological polar surface area (TPSA) is 32.3 Å². The summed E-state index contributed by atoms with van der Waals surface area (Å²) < 4.78 is 0. The Morgan fingerprint density at radius 1 is 1.53 bits per heavy atom. The molecule has 1 saturated heterocycles.